The van der Waals surface area contributed by atoms with E-state index in [2.05, 4.69) is 5.32 Å². The minimum Gasteiger partial charge on any atom is -0.480 e. The molecule has 0 bridgehead atoms. The minimum absolute atomic E-state index is 0.127. The van der Waals surface area contributed by atoms with E-state index >= 15 is 0 Å². The molecule has 3 aliphatic rings. The molecule has 0 aromatic carbocycles. The third-order valence-corrected chi connectivity index (χ3v) is 4.85. The summed E-state index contributed by atoms with van der Waals surface area (Å²) in [6.45, 7) is 1.64. The zero-order valence-electron chi connectivity index (χ0n) is 12.4. The number of urea groups is 1. The van der Waals surface area contributed by atoms with E-state index in [0.29, 0.717) is 19.4 Å². The van der Waals surface area contributed by atoms with E-state index in [1.54, 1.807) is 6.92 Å². The maximum Gasteiger partial charge on any atom is 0.326 e. The molecule has 22 heavy (non-hydrogen) atoms. The van der Waals surface area contributed by atoms with E-state index in [0.717, 1.165) is 17.7 Å². The predicted octanol–water partition coefficient (Wildman–Crippen LogP) is -0.217. The molecule has 0 radical (unpaired) electrons. The van der Waals surface area contributed by atoms with E-state index in [1.807, 2.05) is 0 Å². The number of carboxylic acid groups (broad SMARTS) is 1. The van der Waals surface area contributed by atoms with Gasteiger partial charge in [0.2, 0.25) is 5.91 Å². The van der Waals surface area contributed by atoms with Gasteiger partial charge in [0.15, 0.2) is 0 Å². The van der Waals surface area contributed by atoms with Crippen molar-refractivity contribution in [3.63, 3.8) is 0 Å². The molecule has 2 N–H and O–H groups in total. The van der Waals surface area contributed by atoms with E-state index < -0.39 is 36.0 Å². The van der Waals surface area contributed by atoms with Gasteiger partial charge in [-0.15, -0.1) is 0 Å². The van der Waals surface area contributed by atoms with Gasteiger partial charge in [0, 0.05) is 6.54 Å². The summed E-state index contributed by atoms with van der Waals surface area (Å²) in [5.74, 6) is -1.80. The van der Waals surface area contributed by atoms with Gasteiger partial charge < -0.3 is 15.3 Å². The van der Waals surface area contributed by atoms with Crippen LogP contribution in [0.2, 0.25) is 0 Å². The second-order valence-corrected chi connectivity index (χ2v) is 6.38. The van der Waals surface area contributed by atoms with Crippen LogP contribution in [-0.2, 0) is 14.4 Å². The van der Waals surface area contributed by atoms with Crippen molar-refractivity contribution in [3.05, 3.63) is 0 Å². The third-order valence-electron chi connectivity index (χ3n) is 4.85. The highest BCUT2D eigenvalue weighted by Gasteiger charge is 2.56. The van der Waals surface area contributed by atoms with Gasteiger partial charge in [0.1, 0.15) is 18.1 Å². The molecule has 3 fully saturated rings. The molecule has 120 valence electrons. The second kappa shape index (κ2) is 4.96. The SMILES string of the molecule is CC1(C2CC2)NC(=O)N(CC(=O)N2CCC[C@@H]2C(=O)O)C1=O. The minimum atomic E-state index is -1.05. The molecule has 2 aliphatic heterocycles. The number of nitrogens with zero attached hydrogens (tertiary/aromatic N) is 2. The van der Waals surface area contributed by atoms with Crippen molar-refractivity contribution in [2.45, 2.75) is 44.2 Å². The zero-order valence-corrected chi connectivity index (χ0v) is 12.4. The number of hydrogen-bond acceptors (Lipinski definition) is 4. The lowest BCUT2D eigenvalue weighted by molar-refractivity contribution is -0.149. The van der Waals surface area contributed by atoms with Gasteiger partial charge in [-0.25, -0.2) is 9.59 Å². The number of rotatable bonds is 4. The summed E-state index contributed by atoms with van der Waals surface area (Å²) in [4.78, 5) is 50.0. The van der Waals surface area contributed by atoms with Crippen molar-refractivity contribution in [3.8, 4) is 0 Å². The number of amides is 4. The Morgan fingerprint density at radius 3 is 2.59 bits per heavy atom. The van der Waals surface area contributed by atoms with Crippen LogP contribution in [0.25, 0.3) is 0 Å². The lowest BCUT2D eigenvalue weighted by Gasteiger charge is -2.24. The Bertz CT molecular complexity index is 559. The van der Waals surface area contributed by atoms with Gasteiger partial charge >= 0.3 is 12.0 Å². The summed E-state index contributed by atoms with van der Waals surface area (Å²) in [7, 11) is 0. The van der Waals surface area contributed by atoms with Crippen LogP contribution < -0.4 is 5.32 Å². The molecule has 1 aliphatic carbocycles. The maximum absolute atomic E-state index is 12.4. The Morgan fingerprint density at radius 2 is 2.00 bits per heavy atom. The van der Waals surface area contributed by atoms with Crippen molar-refractivity contribution in [1.29, 1.82) is 0 Å². The van der Waals surface area contributed by atoms with Gasteiger partial charge in [-0.05, 0) is 38.5 Å². The van der Waals surface area contributed by atoms with E-state index in [4.69, 9.17) is 5.11 Å². The Labute approximate surface area is 127 Å². The topological polar surface area (TPSA) is 107 Å². The number of carbonyl (C=O) groups is 4. The summed E-state index contributed by atoms with van der Waals surface area (Å²) in [5, 5.41) is 11.8. The highest BCUT2D eigenvalue weighted by Crippen LogP contribution is 2.42. The third kappa shape index (κ3) is 2.22. The molecular formula is C14H19N3O5. The number of aliphatic carboxylic acids is 1. The van der Waals surface area contributed by atoms with E-state index in [-0.39, 0.29) is 11.8 Å². The number of hydrogen-bond donors (Lipinski definition) is 2. The van der Waals surface area contributed by atoms with Gasteiger partial charge in [0.05, 0.1) is 0 Å². The molecular weight excluding hydrogens is 290 g/mol. The van der Waals surface area contributed by atoms with Crippen LogP contribution in [0, 0.1) is 5.92 Å². The number of nitrogens with one attached hydrogen (secondary N) is 1. The first-order valence-corrected chi connectivity index (χ1v) is 7.51. The van der Waals surface area contributed by atoms with Crippen molar-refractivity contribution in [2.75, 3.05) is 13.1 Å². The number of carboxylic acids is 1. The molecule has 2 saturated heterocycles. The molecule has 2 atom stereocenters. The van der Waals surface area contributed by atoms with Crippen LogP contribution in [0.3, 0.4) is 0 Å². The maximum atomic E-state index is 12.4. The lowest BCUT2D eigenvalue weighted by atomic mass is 9.96. The monoisotopic (exact) mass is 309 g/mol. The van der Waals surface area contributed by atoms with Crippen molar-refractivity contribution in [1.82, 2.24) is 15.1 Å². The van der Waals surface area contributed by atoms with Crippen LogP contribution >= 0.6 is 0 Å². The molecule has 8 nitrogen and oxygen atoms in total. The summed E-state index contributed by atoms with van der Waals surface area (Å²) < 4.78 is 0. The molecule has 0 aromatic heterocycles. The first-order valence-electron chi connectivity index (χ1n) is 7.51. The van der Waals surface area contributed by atoms with Crippen LogP contribution in [0.4, 0.5) is 4.79 Å². The average Bonchev–Trinajstić information content (AvgIpc) is 3.15. The normalized spacial score (nSPS) is 31.6. The first kappa shape index (κ1) is 14.8. The molecule has 2 heterocycles. The fourth-order valence-corrected chi connectivity index (χ4v) is 3.34. The highest BCUT2D eigenvalue weighted by molar-refractivity contribution is 6.09. The second-order valence-electron chi connectivity index (χ2n) is 6.38. The van der Waals surface area contributed by atoms with Crippen LogP contribution in [-0.4, -0.2) is 63.4 Å². The lowest BCUT2D eigenvalue weighted by Crippen LogP contribution is -2.48. The Hall–Kier alpha value is -2.12. The molecule has 0 spiro atoms. The summed E-state index contributed by atoms with van der Waals surface area (Å²) in [5.41, 5.74) is -0.922. The van der Waals surface area contributed by atoms with Crippen LogP contribution in [0.5, 0.6) is 0 Å². The van der Waals surface area contributed by atoms with E-state index in [9.17, 15) is 19.2 Å². The number of carbonyl (C=O) groups excluding carboxylic acids is 3. The van der Waals surface area contributed by atoms with Gasteiger partial charge in [-0.3, -0.25) is 14.5 Å². The van der Waals surface area contributed by atoms with Gasteiger partial charge in [-0.1, -0.05) is 0 Å². The van der Waals surface area contributed by atoms with Gasteiger partial charge in [0.25, 0.3) is 5.91 Å². The molecule has 8 heteroatoms. The summed E-state index contributed by atoms with van der Waals surface area (Å²) in [6, 6.07) is -1.43. The Balaban J connectivity index is 1.70. The molecule has 1 saturated carbocycles. The van der Waals surface area contributed by atoms with E-state index in [1.165, 1.54) is 4.90 Å². The fourth-order valence-electron chi connectivity index (χ4n) is 3.34. The number of likely N-dealkylation sites (tertiary alicyclic amines) is 1. The standard InChI is InChI=1S/C14H19N3O5/c1-14(8-4-5-8)12(21)17(13(22)15-14)7-10(18)16-6-2-3-9(16)11(19)20/h8-9H,2-7H2,1H3,(H,15,22)(H,19,20)/t9-,14?/m1/s1. The molecule has 0 aromatic rings. The highest BCUT2D eigenvalue weighted by atomic mass is 16.4. The van der Waals surface area contributed by atoms with Crippen LogP contribution in [0.15, 0.2) is 0 Å². The molecule has 4 amide bonds. The summed E-state index contributed by atoms with van der Waals surface area (Å²) >= 11 is 0. The zero-order chi connectivity index (χ0) is 16.1. The molecule has 1 unspecified atom stereocenters. The number of imide groups is 1. The fraction of sp³-hybridized carbons (Fsp3) is 0.714. The first-order chi connectivity index (χ1) is 10.3. The quantitative estimate of drug-likeness (QED) is 0.698. The smallest absolute Gasteiger partial charge is 0.326 e. The average molecular weight is 309 g/mol. The van der Waals surface area contributed by atoms with Crippen molar-refractivity contribution >= 4 is 23.8 Å². The van der Waals surface area contributed by atoms with Gasteiger partial charge in [-0.2, -0.15) is 0 Å². The molecule has 3 rings (SSSR count). The van der Waals surface area contributed by atoms with Crippen molar-refractivity contribution in [2.24, 2.45) is 5.92 Å². The van der Waals surface area contributed by atoms with Crippen LogP contribution in [0.1, 0.15) is 32.6 Å². The largest absolute Gasteiger partial charge is 0.480 e. The van der Waals surface area contributed by atoms with Crippen molar-refractivity contribution < 1.29 is 24.3 Å². The summed E-state index contributed by atoms with van der Waals surface area (Å²) in [6.07, 6.45) is 2.79. The Kier molecular flexibility index (Phi) is 3.34. The predicted molar refractivity (Wildman–Crippen MR) is 73.7 cm³/mol. The Morgan fingerprint density at radius 1 is 1.32 bits per heavy atom.